The number of benzene rings is 1. The van der Waals surface area contributed by atoms with Crippen LogP contribution in [0.1, 0.15) is 33.6 Å². The normalized spacial score (nSPS) is 18.5. The molecule has 1 amide bonds. The van der Waals surface area contributed by atoms with E-state index in [-0.39, 0.29) is 16.8 Å². The SMILES string of the molecule is COc1cc2c(N3CCC4(CC3)CN(C(=O)OC(C)(C)C)C4)nc(Cl)nc2cc1Br. The van der Waals surface area contributed by atoms with E-state index in [2.05, 4.69) is 30.8 Å². The molecule has 2 saturated heterocycles. The average molecular weight is 498 g/mol. The molecule has 1 aromatic heterocycles. The monoisotopic (exact) mass is 496 g/mol. The van der Waals surface area contributed by atoms with Gasteiger partial charge in [-0.15, -0.1) is 0 Å². The van der Waals surface area contributed by atoms with Crippen molar-refractivity contribution in [3.05, 3.63) is 21.9 Å². The molecule has 1 spiro atoms. The van der Waals surface area contributed by atoms with Gasteiger partial charge >= 0.3 is 6.09 Å². The largest absolute Gasteiger partial charge is 0.496 e. The second-order valence-corrected chi connectivity index (χ2v) is 10.3. The second-order valence-electron chi connectivity index (χ2n) is 9.14. The number of amides is 1. The van der Waals surface area contributed by atoms with Crippen LogP contribution in [0.5, 0.6) is 5.75 Å². The molecular weight excluding hydrogens is 472 g/mol. The quantitative estimate of drug-likeness (QED) is 0.550. The van der Waals surface area contributed by atoms with Crippen molar-refractivity contribution >= 4 is 50.3 Å². The third kappa shape index (κ3) is 4.17. The Bertz CT molecular complexity index is 978. The van der Waals surface area contributed by atoms with Gasteiger partial charge in [0.2, 0.25) is 5.28 Å². The van der Waals surface area contributed by atoms with Crippen LogP contribution in [0.25, 0.3) is 10.9 Å². The molecule has 0 saturated carbocycles. The van der Waals surface area contributed by atoms with Crippen molar-refractivity contribution in [3.8, 4) is 5.75 Å². The first kappa shape index (κ1) is 21.4. The van der Waals surface area contributed by atoms with Crippen molar-refractivity contribution in [2.45, 2.75) is 39.2 Å². The summed E-state index contributed by atoms with van der Waals surface area (Å²) in [5.41, 5.74) is 0.477. The van der Waals surface area contributed by atoms with Crippen LogP contribution in [-0.2, 0) is 4.74 Å². The third-order valence-corrected chi connectivity index (χ3v) is 6.54. The molecule has 4 rings (SSSR count). The molecule has 2 aliphatic heterocycles. The number of ether oxygens (including phenoxy) is 2. The number of halogens is 2. The van der Waals surface area contributed by atoms with Crippen molar-refractivity contribution in [3.63, 3.8) is 0 Å². The first-order chi connectivity index (χ1) is 14.1. The van der Waals surface area contributed by atoms with Gasteiger partial charge in [-0.1, -0.05) is 0 Å². The van der Waals surface area contributed by atoms with Gasteiger partial charge in [0.15, 0.2) is 0 Å². The zero-order chi connectivity index (χ0) is 21.7. The summed E-state index contributed by atoms with van der Waals surface area (Å²) in [5, 5.41) is 1.15. The maximum Gasteiger partial charge on any atom is 0.410 e. The van der Waals surface area contributed by atoms with E-state index >= 15 is 0 Å². The third-order valence-electron chi connectivity index (χ3n) is 5.75. The van der Waals surface area contributed by atoms with Crippen molar-refractivity contribution in [1.82, 2.24) is 14.9 Å². The Labute approximate surface area is 189 Å². The minimum atomic E-state index is -0.466. The van der Waals surface area contributed by atoms with Crippen molar-refractivity contribution < 1.29 is 14.3 Å². The van der Waals surface area contributed by atoms with Crippen LogP contribution in [0, 0.1) is 5.41 Å². The summed E-state index contributed by atoms with van der Waals surface area (Å²) in [7, 11) is 1.64. The van der Waals surface area contributed by atoms with E-state index in [0.717, 1.165) is 66.0 Å². The van der Waals surface area contributed by atoms with E-state index < -0.39 is 5.60 Å². The number of rotatable bonds is 2. The maximum absolute atomic E-state index is 12.3. The molecular formula is C21H26BrClN4O3. The highest BCUT2D eigenvalue weighted by Crippen LogP contribution is 2.43. The summed E-state index contributed by atoms with van der Waals surface area (Å²) >= 11 is 9.72. The van der Waals surface area contributed by atoms with Crippen LogP contribution in [-0.4, -0.2) is 59.9 Å². The minimum Gasteiger partial charge on any atom is -0.496 e. The van der Waals surface area contributed by atoms with E-state index in [1.165, 1.54) is 0 Å². The first-order valence-corrected chi connectivity index (χ1v) is 11.2. The van der Waals surface area contributed by atoms with Crippen molar-refractivity contribution in [2.75, 3.05) is 38.2 Å². The van der Waals surface area contributed by atoms with Gasteiger partial charge in [0.25, 0.3) is 0 Å². The van der Waals surface area contributed by atoms with E-state index in [1.54, 1.807) is 12.0 Å². The van der Waals surface area contributed by atoms with Crippen LogP contribution in [0.2, 0.25) is 5.28 Å². The summed E-state index contributed by atoms with van der Waals surface area (Å²) in [4.78, 5) is 25.2. The summed E-state index contributed by atoms with van der Waals surface area (Å²) < 4.78 is 11.8. The van der Waals surface area contributed by atoms with Crippen molar-refractivity contribution in [1.29, 1.82) is 0 Å². The fourth-order valence-electron chi connectivity index (χ4n) is 4.21. The van der Waals surface area contributed by atoms with Gasteiger partial charge < -0.3 is 19.3 Å². The lowest BCUT2D eigenvalue weighted by Gasteiger charge is -2.53. The lowest BCUT2D eigenvalue weighted by molar-refractivity contribution is -0.0434. The smallest absolute Gasteiger partial charge is 0.410 e. The fourth-order valence-corrected chi connectivity index (χ4v) is 4.88. The lowest BCUT2D eigenvalue weighted by atomic mass is 9.72. The molecule has 162 valence electrons. The number of aromatic nitrogens is 2. The summed E-state index contributed by atoms with van der Waals surface area (Å²) in [6.45, 7) is 8.88. The Morgan fingerprint density at radius 1 is 1.20 bits per heavy atom. The molecule has 0 unspecified atom stereocenters. The van der Waals surface area contributed by atoms with Gasteiger partial charge in [0.05, 0.1) is 17.1 Å². The van der Waals surface area contributed by atoms with E-state index in [0.29, 0.717) is 0 Å². The molecule has 0 bridgehead atoms. The van der Waals surface area contributed by atoms with Gasteiger partial charge in [-0.25, -0.2) is 9.78 Å². The molecule has 2 aromatic rings. The van der Waals surface area contributed by atoms with Crippen LogP contribution >= 0.6 is 27.5 Å². The summed E-state index contributed by atoms with van der Waals surface area (Å²) in [5.74, 6) is 1.56. The number of nitrogens with zero attached hydrogens (tertiary/aromatic N) is 4. The number of anilines is 1. The molecule has 9 heteroatoms. The summed E-state index contributed by atoms with van der Waals surface area (Å²) in [6.07, 6.45) is 1.76. The molecule has 2 aliphatic rings. The van der Waals surface area contributed by atoms with E-state index in [9.17, 15) is 4.79 Å². The van der Waals surface area contributed by atoms with Gasteiger partial charge in [0, 0.05) is 37.0 Å². The average Bonchev–Trinajstić information content (AvgIpc) is 2.63. The Kier molecular flexibility index (Phi) is 5.51. The Hall–Kier alpha value is -1.80. The molecule has 7 nitrogen and oxygen atoms in total. The molecule has 3 heterocycles. The number of methoxy groups -OCH3 is 1. The highest BCUT2D eigenvalue weighted by Gasteiger charge is 2.48. The number of carbonyl (C=O) groups is 1. The molecule has 1 aromatic carbocycles. The number of hydrogen-bond acceptors (Lipinski definition) is 6. The Balaban J connectivity index is 1.48. The number of piperidine rings is 1. The lowest BCUT2D eigenvalue weighted by Crippen LogP contribution is -2.62. The highest BCUT2D eigenvalue weighted by molar-refractivity contribution is 9.10. The summed E-state index contributed by atoms with van der Waals surface area (Å²) in [6, 6.07) is 3.85. The molecule has 0 N–H and O–H groups in total. The number of hydrogen-bond donors (Lipinski definition) is 0. The molecule has 0 radical (unpaired) electrons. The van der Waals surface area contributed by atoms with E-state index in [4.69, 9.17) is 21.1 Å². The topological polar surface area (TPSA) is 67.8 Å². The van der Waals surface area contributed by atoms with Crippen LogP contribution in [0.3, 0.4) is 0 Å². The Morgan fingerprint density at radius 3 is 2.47 bits per heavy atom. The molecule has 2 fully saturated rings. The standard InChI is InChI=1S/C21H26BrClN4O3/c1-20(2,3)30-19(28)27-11-21(12-27)5-7-26(8-6-21)17-13-9-16(29-4)14(22)10-15(13)24-18(23)25-17/h9-10H,5-8,11-12H2,1-4H3. The first-order valence-electron chi connectivity index (χ1n) is 10.0. The second kappa shape index (κ2) is 7.71. The number of fused-ring (bicyclic) bond motifs is 1. The predicted molar refractivity (Wildman–Crippen MR) is 120 cm³/mol. The van der Waals surface area contributed by atoms with Crippen LogP contribution in [0.4, 0.5) is 10.6 Å². The molecule has 0 aliphatic carbocycles. The maximum atomic E-state index is 12.3. The van der Waals surface area contributed by atoms with Gasteiger partial charge in [-0.05, 0) is 73.3 Å². The number of likely N-dealkylation sites (tertiary alicyclic amines) is 1. The van der Waals surface area contributed by atoms with Crippen LogP contribution in [0.15, 0.2) is 16.6 Å². The van der Waals surface area contributed by atoms with E-state index in [1.807, 2.05) is 32.9 Å². The van der Waals surface area contributed by atoms with Gasteiger partial charge in [0.1, 0.15) is 17.2 Å². The zero-order valence-corrected chi connectivity index (χ0v) is 20.0. The minimum absolute atomic E-state index is 0.167. The van der Waals surface area contributed by atoms with Crippen LogP contribution < -0.4 is 9.64 Å². The fraction of sp³-hybridized carbons (Fsp3) is 0.571. The van der Waals surface area contributed by atoms with Gasteiger partial charge in [-0.3, -0.25) is 0 Å². The molecule has 0 atom stereocenters. The number of carbonyl (C=O) groups excluding carboxylic acids is 1. The highest BCUT2D eigenvalue weighted by atomic mass is 79.9. The zero-order valence-electron chi connectivity index (χ0n) is 17.7. The van der Waals surface area contributed by atoms with Crippen molar-refractivity contribution in [2.24, 2.45) is 5.41 Å². The molecule has 30 heavy (non-hydrogen) atoms. The predicted octanol–water partition coefficient (Wildman–Crippen LogP) is 4.89. The Morgan fingerprint density at radius 2 is 1.87 bits per heavy atom. The van der Waals surface area contributed by atoms with Gasteiger partial charge in [-0.2, -0.15) is 4.98 Å².